The van der Waals surface area contributed by atoms with Crippen molar-refractivity contribution in [2.45, 2.75) is 37.3 Å². The molecule has 1 aromatic heterocycles. The van der Waals surface area contributed by atoms with Crippen LogP contribution in [0.15, 0.2) is 33.3 Å². The van der Waals surface area contributed by atoms with Crippen molar-refractivity contribution < 1.29 is 4.52 Å². The quantitative estimate of drug-likeness (QED) is 0.924. The van der Waals surface area contributed by atoms with Crippen molar-refractivity contribution >= 4 is 15.9 Å². The maximum atomic E-state index is 5.47. The number of aromatic nitrogens is 2. The molecule has 2 saturated heterocycles. The molecule has 98 valence electrons. The molecule has 3 unspecified atom stereocenters. The average molecular weight is 320 g/mol. The first-order valence-corrected chi connectivity index (χ1v) is 7.44. The highest BCUT2D eigenvalue weighted by Gasteiger charge is 2.42. The van der Waals surface area contributed by atoms with E-state index in [0.29, 0.717) is 23.8 Å². The Hall–Kier alpha value is -1.20. The Morgan fingerprint density at radius 3 is 2.74 bits per heavy atom. The number of benzene rings is 1. The van der Waals surface area contributed by atoms with Gasteiger partial charge in [-0.2, -0.15) is 4.98 Å². The van der Waals surface area contributed by atoms with Crippen LogP contribution in [0, 0.1) is 0 Å². The second-order valence-corrected chi connectivity index (χ2v) is 6.27. The zero-order valence-electron chi connectivity index (χ0n) is 10.3. The number of hydrogen-bond donors (Lipinski definition) is 1. The summed E-state index contributed by atoms with van der Waals surface area (Å²) < 4.78 is 6.53. The molecule has 4 rings (SSSR count). The fourth-order valence-electron chi connectivity index (χ4n) is 3.20. The van der Waals surface area contributed by atoms with Gasteiger partial charge in [-0.3, -0.25) is 0 Å². The molecule has 5 heteroatoms. The Morgan fingerprint density at radius 1 is 1.21 bits per heavy atom. The van der Waals surface area contributed by atoms with Gasteiger partial charge in [0.15, 0.2) is 0 Å². The lowest BCUT2D eigenvalue weighted by Gasteiger charge is -2.15. The van der Waals surface area contributed by atoms with E-state index in [9.17, 15) is 0 Å². The second-order valence-electron chi connectivity index (χ2n) is 5.35. The van der Waals surface area contributed by atoms with E-state index in [1.54, 1.807) is 0 Å². The molecule has 0 spiro atoms. The summed E-state index contributed by atoms with van der Waals surface area (Å²) in [7, 11) is 0. The Labute approximate surface area is 119 Å². The van der Waals surface area contributed by atoms with Gasteiger partial charge in [-0.15, -0.1) is 0 Å². The SMILES string of the molecule is Brc1ccc(-c2noc(C3CC4CCC3N4)n2)cc1. The molecular weight excluding hydrogens is 306 g/mol. The minimum atomic E-state index is 0.399. The van der Waals surface area contributed by atoms with E-state index in [0.717, 1.165) is 22.3 Å². The maximum absolute atomic E-state index is 5.47. The molecule has 1 N–H and O–H groups in total. The predicted molar refractivity (Wildman–Crippen MR) is 74.7 cm³/mol. The highest BCUT2D eigenvalue weighted by molar-refractivity contribution is 9.10. The van der Waals surface area contributed by atoms with Crippen molar-refractivity contribution in [2.75, 3.05) is 0 Å². The third kappa shape index (κ3) is 2.01. The van der Waals surface area contributed by atoms with Gasteiger partial charge in [0, 0.05) is 22.1 Å². The van der Waals surface area contributed by atoms with Crippen molar-refractivity contribution in [3.05, 3.63) is 34.6 Å². The van der Waals surface area contributed by atoms with Crippen LogP contribution in [0.5, 0.6) is 0 Å². The average Bonchev–Trinajstić information content (AvgIpc) is 3.15. The molecule has 1 aromatic carbocycles. The fraction of sp³-hybridized carbons (Fsp3) is 0.429. The lowest BCUT2D eigenvalue weighted by Crippen LogP contribution is -2.21. The van der Waals surface area contributed by atoms with Crippen LogP contribution in [0.1, 0.15) is 31.1 Å². The van der Waals surface area contributed by atoms with Crippen LogP contribution in [-0.4, -0.2) is 22.2 Å². The van der Waals surface area contributed by atoms with Gasteiger partial charge in [0.1, 0.15) is 0 Å². The normalized spacial score (nSPS) is 29.0. The molecule has 2 aromatic rings. The highest BCUT2D eigenvalue weighted by atomic mass is 79.9. The zero-order chi connectivity index (χ0) is 12.8. The monoisotopic (exact) mass is 319 g/mol. The molecule has 0 amide bonds. The Morgan fingerprint density at radius 2 is 2.05 bits per heavy atom. The molecular formula is C14H14BrN3O. The van der Waals surface area contributed by atoms with Gasteiger partial charge < -0.3 is 9.84 Å². The topological polar surface area (TPSA) is 51.0 Å². The van der Waals surface area contributed by atoms with Crippen molar-refractivity contribution in [3.8, 4) is 11.4 Å². The molecule has 19 heavy (non-hydrogen) atoms. The predicted octanol–water partition coefficient (Wildman–Crippen LogP) is 3.11. The van der Waals surface area contributed by atoms with E-state index in [1.807, 2.05) is 24.3 Å². The first-order valence-electron chi connectivity index (χ1n) is 6.65. The van der Waals surface area contributed by atoms with Gasteiger partial charge in [0.2, 0.25) is 11.7 Å². The van der Waals surface area contributed by atoms with E-state index >= 15 is 0 Å². The summed E-state index contributed by atoms with van der Waals surface area (Å²) in [6.07, 6.45) is 3.65. The summed E-state index contributed by atoms with van der Waals surface area (Å²) in [5, 5.41) is 7.71. The van der Waals surface area contributed by atoms with Gasteiger partial charge in [-0.25, -0.2) is 0 Å². The smallest absolute Gasteiger partial charge is 0.231 e. The van der Waals surface area contributed by atoms with Crippen LogP contribution >= 0.6 is 15.9 Å². The van der Waals surface area contributed by atoms with Gasteiger partial charge in [0.05, 0.1) is 5.92 Å². The maximum Gasteiger partial charge on any atom is 0.231 e. The summed E-state index contributed by atoms with van der Waals surface area (Å²) in [6.45, 7) is 0. The Bertz CT molecular complexity index is 595. The summed E-state index contributed by atoms with van der Waals surface area (Å²) in [4.78, 5) is 4.58. The lowest BCUT2D eigenvalue weighted by molar-refractivity contribution is 0.329. The van der Waals surface area contributed by atoms with E-state index in [4.69, 9.17) is 4.52 Å². The van der Waals surface area contributed by atoms with Crippen LogP contribution in [0.4, 0.5) is 0 Å². The molecule has 0 radical (unpaired) electrons. The molecule has 2 fully saturated rings. The molecule has 2 bridgehead atoms. The van der Waals surface area contributed by atoms with Crippen LogP contribution in [0.3, 0.4) is 0 Å². The second kappa shape index (κ2) is 4.42. The van der Waals surface area contributed by atoms with Gasteiger partial charge in [-0.05, 0) is 43.5 Å². The number of halogens is 1. The van der Waals surface area contributed by atoms with Crippen molar-refractivity contribution in [3.63, 3.8) is 0 Å². The number of hydrogen-bond acceptors (Lipinski definition) is 4. The molecule has 2 aliphatic heterocycles. The summed E-state index contributed by atoms with van der Waals surface area (Å²) in [6, 6.07) is 9.16. The fourth-order valence-corrected chi connectivity index (χ4v) is 3.46. The van der Waals surface area contributed by atoms with E-state index in [2.05, 4.69) is 31.4 Å². The third-order valence-electron chi connectivity index (χ3n) is 4.16. The van der Waals surface area contributed by atoms with Crippen LogP contribution in [-0.2, 0) is 0 Å². The van der Waals surface area contributed by atoms with E-state index < -0.39 is 0 Å². The lowest BCUT2D eigenvalue weighted by atomic mass is 9.89. The number of rotatable bonds is 2. The largest absolute Gasteiger partial charge is 0.339 e. The van der Waals surface area contributed by atoms with E-state index in [1.165, 1.54) is 12.8 Å². The molecule has 0 saturated carbocycles. The standard InChI is InChI=1S/C14H14BrN3O/c15-9-3-1-8(2-4-9)13-17-14(19-18-13)11-7-10-5-6-12(11)16-10/h1-4,10-12,16H,5-7H2. The highest BCUT2D eigenvalue weighted by Crippen LogP contribution is 2.39. The minimum absolute atomic E-state index is 0.399. The molecule has 0 aliphatic carbocycles. The van der Waals surface area contributed by atoms with Crippen LogP contribution < -0.4 is 5.32 Å². The summed E-state index contributed by atoms with van der Waals surface area (Å²) in [5.74, 6) is 1.87. The number of fused-ring (bicyclic) bond motifs is 2. The first kappa shape index (κ1) is 11.6. The molecule has 3 atom stereocenters. The number of nitrogens with zero attached hydrogens (tertiary/aromatic N) is 2. The van der Waals surface area contributed by atoms with Crippen molar-refractivity contribution in [1.82, 2.24) is 15.5 Å². The Kier molecular flexibility index (Phi) is 2.70. The van der Waals surface area contributed by atoms with Gasteiger partial charge in [0.25, 0.3) is 0 Å². The first-order chi connectivity index (χ1) is 9.29. The molecule has 2 aliphatic rings. The van der Waals surface area contributed by atoms with E-state index in [-0.39, 0.29) is 0 Å². The molecule has 4 nitrogen and oxygen atoms in total. The van der Waals surface area contributed by atoms with Gasteiger partial charge >= 0.3 is 0 Å². The van der Waals surface area contributed by atoms with Crippen molar-refractivity contribution in [1.29, 1.82) is 0 Å². The third-order valence-corrected chi connectivity index (χ3v) is 4.69. The zero-order valence-corrected chi connectivity index (χ0v) is 11.9. The van der Waals surface area contributed by atoms with Crippen molar-refractivity contribution in [2.24, 2.45) is 0 Å². The van der Waals surface area contributed by atoms with Crippen LogP contribution in [0.2, 0.25) is 0 Å². The van der Waals surface area contributed by atoms with Gasteiger partial charge in [-0.1, -0.05) is 21.1 Å². The summed E-state index contributed by atoms with van der Waals surface area (Å²) >= 11 is 3.43. The number of nitrogens with one attached hydrogen (secondary N) is 1. The summed E-state index contributed by atoms with van der Waals surface area (Å²) in [5.41, 5.74) is 0.995. The Balaban J connectivity index is 1.61. The van der Waals surface area contributed by atoms with Crippen LogP contribution in [0.25, 0.3) is 11.4 Å². The molecule has 3 heterocycles. The minimum Gasteiger partial charge on any atom is -0.339 e.